The number of nitrogens with one attached hydrogen (secondary N) is 3. The van der Waals surface area contributed by atoms with Gasteiger partial charge in [-0.2, -0.15) is 30.7 Å². The number of aryl methyl sites for hydroxylation is 2. The van der Waals surface area contributed by atoms with Crippen LogP contribution in [0, 0.1) is 25.7 Å². The highest BCUT2D eigenvalue weighted by Gasteiger charge is 2.44. The molecule has 0 atom stereocenters. The molecule has 2 heterocycles. The first-order chi connectivity index (χ1) is 36.9. The van der Waals surface area contributed by atoms with Crippen molar-refractivity contribution < 1.29 is 73.8 Å². The van der Waals surface area contributed by atoms with Crippen LogP contribution in [0.2, 0.25) is 0 Å². The zero-order valence-corrected chi connectivity index (χ0v) is 46.9. The number of benzene rings is 2. The van der Waals surface area contributed by atoms with Crippen LogP contribution in [0.5, 0.6) is 11.5 Å². The normalized spacial score (nSPS) is 20.6. The van der Waals surface area contributed by atoms with E-state index in [1.165, 1.54) is 9.80 Å². The molecule has 0 saturated heterocycles. The third kappa shape index (κ3) is 16.3. The number of carbonyl (C=O) groups is 7. The molecule has 0 spiro atoms. The van der Waals surface area contributed by atoms with Gasteiger partial charge in [-0.15, -0.1) is 0 Å². The van der Waals surface area contributed by atoms with Crippen LogP contribution in [0.3, 0.4) is 0 Å². The number of alkyl halides is 7. The van der Waals surface area contributed by atoms with Crippen LogP contribution in [0.1, 0.15) is 151 Å². The van der Waals surface area contributed by atoms with Gasteiger partial charge in [-0.25, -0.2) is 0 Å². The smallest absolute Gasteiger partial charge is 0.401 e. The predicted octanol–water partition coefficient (Wildman–Crippen LogP) is 8.71. The summed E-state index contributed by atoms with van der Waals surface area (Å²) in [5.41, 5.74) is 0.370. The Balaban J connectivity index is 0.000000293. The number of hydrogen-bond acceptors (Lipinski definition) is 10. The molecule has 79 heavy (non-hydrogen) atoms. The fourth-order valence-electron chi connectivity index (χ4n) is 11.0. The van der Waals surface area contributed by atoms with E-state index >= 15 is 0 Å². The number of amides is 6. The van der Waals surface area contributed by atoms with E-state index in [0.717, 1.165) is 57.7 Å². The van der Waals surface area contributed by atoms with Gasteiger partial charge in [0.1, 0.15) is 17.8 Å². The minimum atomic E-state index is -4.23. The fraction of sp³-hybridized carbons (Fsp3) is 0.661. The quantitative estimate of drug-likeness (QED) is 0.0658. The van der Waals surface area contributed by atoms with E-state index in [2.05, 4.69) is 16.0 Å². The Labute approximate surface area is 458 Å². The van der Waals surface area contributed by atoms with E-state index in [1.54, 1.807) is 58.9 Å². The molecule has 2 saturated carbocycles. The first-order valence-corrected chi connectivity index (χ1v) is 27.2. The van der Waals surface area contributed by atoms with Crippen LogP contribution in [0.25, 0.3) is 0 Å². The number of carbonyl (C=O) groups excluding carboxylic acids is 7. The fourth-order valence-corrected chi connectivity index (χ4v) is 11.0. The number of halogens is 7. The standard InChI is InChI=1S/C29H41F5N4O4.C27H37F2N3O5/c1-17(2)38(20-8-6-19(7-9-20)10-11-35-16-29(32,33)34)26(40)21-15-22-23(14-18(21)3)42-28(4,5)27(41)37(22)13-12-36-25(39)24(30)31;1-16(2)32(19-8-6-18(7-9-19)10-13-33)25(35)20-15-21-22(14-17(20)3)37-27(4,5)26(36)31(21)12-11-30-24(34)23(28)29/h14-15,17,19-20,24,35H,6-13,16H2,1-5H3,(H,36,39);13-16,18-19,23H,6-12H2,1-5H3,(H,30,34). The molecular weight excluding hydrogens is 1050 g/mol. The van der Waals surface area contributed by atoms with Crippen LogP contribution in [0.4, 0.5) is 42.1 Å². The first-order valence-electron chi connectivity index (χ1n) is 27.2. The molecule has 2 aliphatic heterocycles. The number of nitrogens with zero attached hydrogens (tertiary/aromatic N) is 4. The highest BCUT2D eigenvalue weighted by atomic mass is 19.4. The lowest BCUT2D eigenvalue weighted by Gasteiger charge is -2.41. The average Bonchev–Trinajstić information content (AvgIpc) is 3.48. The highest BCUT2D eigenvalue weighted by molar-refractivity contribution is 6.06. The molecule has 440 valence electrons. The minimum absolute atomic E-state index is 0.0447. The molecule has 4 aliphatic rings. The molecule has 2 aromatic rings. The summed E-state index contributed by atoms with van der Waals surface area (Å²) in [6.07, 6.45) is -1.95. The number of aldehydes is 1. The molecule has 0 aromatic heterocycles. The largest absolute Gasteiger partial charge is 0.476 e. The van der Waals surface area contributed by atoms with Crippen LogP contribution >= 0.6 is 0 Å². The molecule has 0 radical (unpaired) electrons. The Morgan fingerprint density at radius 3 is 1.37 bits per heavy atom. The monoisotopic (exact) mass is 1130 g/mol. The Hall–Kier alpha value is -6.00. The van der Waals surface area contributed by atoms with Crippen molar-refractivity contribution in [3.8, 4) is 11.5 Å². The van der Waals surface area contributed by atoms with Gasteiger partial charge in [-0.1, -0.05) is 0 Å². The summed E-state index contributed by atoms with van der Waals surface area (Å²) in [5, 5.41) is 6.68. The summed E-state index contributed by atoms with van der Waals surface area (Å²) < 4.78 is 99.6. The number of ether oxygens (including phenoxy) is 2. The van der Waals surface area contributed by atoms with Gasteiger partial charge in [0.15, 0.2) is 11.2 Å². The second-order valence-electron chi connectivity index (χ2n) is 22.5. The Kier molecular flexibility index (Phi) is 21.8. The lowest BCUT2D eigenvalue weighted by molar-refractivity contribution is -0.133. The zero-order chi connectivity index (χ0) is 58.9. The molecule has 2 fully saturated rings. The summed E-state index contributed by atoms with van der Waals surface area (Å²) in [4.78, 5) is 94.3. The summed E-state index contributed by atoms with van der Waals surface area (Å²) in [5.74, 6) is -2.65. The topological polar surface area (TPSA) is 187 Å². The van der Waals surface area contributed by atoms with Crippen molar-refractivity contribution in [1.82, 2.24) is 25.8 Å². The molecule has 3 N–H and O–H groups in total. The molecule has 6 amide bonds. The molecule has 16 nitrogen and oxygen atoms in total. The lowest BCUT2D eigenvalue weighted by atomic mass is 9.83. The van der Waals surface area contributed by atoms with Crippen molar-refractivity contribution in [2.24, 2.45) is 11.8 Å². The number of rotatable bonds is 20. The second-order valence-corrected chi connectivity index (χ2v) is 22.5. The van der Waals surface area contributed by atoms with Gasteiger partial charge in [0.05, 0.1) is 17.9 Å². The highest BCUT2D eigenvalue weighted by Crippen LogP contribution is 2.43. The van der Waals surface area contributed by atoms with Crippen molar-refractivity contribution in [3.63, 3.8) is 0 Å². The maximum Gasteiger partial charge on any atom is 0.401 e. The van der Waals surface area contributed by atoms with Gasteiger partial charge in [-0.05, 0) is 181 Å². The molecule has 0 bridgehead atoms. The molecule has 0 unspecified atom stereocenters. The van der Waals surface area contributed by atoms with E-state index in [0.29, 0.717) is 63.9 Å². The molecular formula is C56H78F7N7O9. The van der Waals surface area contributed by atoms with E-state index in [1.807, 2.05) is 44.4 Å². The SMILES string of the molecule is Cc1cc2c(cc1C(=O)N(C(C)C)C1CCC(CC=O)CC1)N(CCNC(=O)C(F)F)C(=O)C(C)(C)O2.Cc1cc2c(cc1C(=O)N(C(C)C)C1CCC(CCNCC(F)(F)F)CC1)N(CCNC(=O)C(F)F)C(=O)C(C)(C)O2. The van der Waals surface area contributed by atoms with Gasteiger partial charge in [0.2, 0.25) is 0 Å². The summed E-state index contributed by atoms with van der Waals surface area (Å²) >= 11 is 0. The Bertz CT molecular complexity index is 2510. The van der Waals surface area contributed by atoms with Crippen LogP contribution in [0.15, 0.2) is 24.3 Å². The number of anilines is 2. The third-order valence-corrected chi connectivity index (χ3v) is 15.1. The maximum atomic E-state index is 14.0. The molecule has 2 aliphatic carbocycles. The molecule has 6 rings (SSSR count). The van der Waals surface area contributed by atoms with Crippen molar-refractivity contribution in [1.29, 1.82) is 0 Å². The Morgan fingerprint density at radius 1 is 0.646 bits per heavy atom. The lowest BCUT2D eigenvalue weighted by Crippen LogP contribution is -2.54. The van der Waals surface area contributed by atoms with E-state index in [4.69, 9.17) is 9.47 Å². The van der Waals surface area contributed by atoms with Gasteiger partial charge >= 0.3 is 19.0 Å². The van der Waals surface area contributed by atoms with Gasteiger partial charge in [0, 0.05) is 67.9 Å². The second kappa shape index (κ2) is 27.0. The maximum absolute atomic E-state index is 14.0. The van der Waals surface area contributed by atoms with Gasteiger partial charge in [0.25, 0.3) is 35.4 Å². The van der Waals surface area contributed by atoms with Gasteiger partial charge < -0.3 is 49.8 Å². The number of hydrogen-bond donors (Lipinski definition) is 3. The van der Waals surface area contributed by atoms with E-state index in [9.17, 15) is 64.3 Å². The van der Waals surface area contributed by atoms with E-state index < -0.39 is 60.4 Å². The van der Waals surface area contributed by atoms with Crippen molar-refractivity contribution in [2.75, 3.05) is 49.1 Å². The van der Waals surface area contributed by atoms with E-state index in [-0.39, 0.29) is 74.6 Å². The predicted molar refractivity (Wildman–Crippen MR) is 283 cm³/mol. The summed E-state index contributed by atoms with van der Waals surface area (Å²) in [6.45, 7) is 16.5. The van der Waals surface area contributed by atoms with Crippen LogP contribution in [-0.4, -0.2) is 145 Å². The van der Waals surface area contributed by atoms with Crippen LogP contribution < -0.4 is 35.2 Å². The first kappa shape index (κ1) is 63.8. The number of fused-ring (bicyclic) bond motifs is 2. The van der Waals surface area contributed by atoms with Crippen molar-refractivity contribution >= 4 is 53.1 Å². The molecule has 23 heteroatoms. The Morgan fingerprint density at radius 2 is 1.03 bits per heavy atom. The third-order valence-electron chi connectivity index (χ3n) is 15.1. The zero-order valence-electron chi connectivity index (χ0n) is 46.9. The minimum Gasteiger partial charge on any atom is -0.476 e. The molecule has 2 aromatic carbocycles. The van der Waals surface area contributed by atoms with Crippen LogP contribution in [-0.2, 0) is 24.0 Å². The summed E-state index contributed by atoms with van der Waals surface area (Å²) in [7, 11) is 0. The summed E-state index contributed by atoms with van der Waals surface area (Å²) in [6, 6.07) is 6.41. The van der Waals surface area contributed by atoms with Crippen molar-refractivity contribution in [3.05, 3.63) is 46.5 Å². The average molecular weight is 1130 g/mol. The van der Waals surface area contributed by atoms with Crippen molar-refractivity contribution in [2.45, 2.75) is 188 Å². The van der Waals surface area contributed by atoms with Gasteiger partial charge in [-0.3, -0.25) is 28.8 Å².